The van der Waals surface area contributed by atoms with E-state index in [9.17, 15) is 14.4 Å². The number of methoxy groups -OCH3 is 1. The van der Waals surface area contributed by atoms with Gasteiger partial charge in [-0.05, 0) is 50.8 Å². The minimum atomic E-state index is -0.487. The van der Waals surface area contributed by atoms with Crippen molar-refractivity contribution in [3.05, 3.63) is 64.2 Å². The summed E-state index contributed by atoms with van der Waals surface area (Å²) in [5, 5.41) is 5.67. The van der Waals surface area contributed by atoms with Gasteiger partial charge in [-0.1, -0.05) is 29.8 Å². The van der Waals surface area contributed by atoms with Crippen molar-refractivity contribution in [2.75, 3.05) is 57.2 Å². The molecular weight excluding hydrogens is 526 g/mol. The van der Waals surface area contributed by atoms with Crippen LogP contribution in [0.3, 0.4) is 0 Å². The number of nitrogens with zero attached hydrogens (tertiary/aromatic N) is 1. The number of urea groups is 1. The largest absolute Gasteiger partial charge is 0.496 e. The number of fused-ring (bicyclic) bond motifs is 1. The van der Waals surface area contributed by atoms with E-state index in [0.29, 0.717) is 53.3 Å². The SMILES string of the molecule is COc1c(C)c2c(c(NC(=O)Nc3ccccc3)c1CC=C(C)CCC(=O)OCCCN1CCOCC1)C(=O)OC2. The van der Waals surface area contributed by atoms with Gasteiger partial charge in [-0.15, -0.1) is 0 Å². The third-order valence-electron chi connectivity index (χ3n) is 7.31. The molecule has 0 unspecified atom stereocenters. The molecule has 10 heteroatoms. The number of amides is 2. The summed E-state index contributed by atoms with van der Waals surface area (Å²) in [6, 6.07) is 8.56. The third-order valence-corrected chi connectivity index (χ3v) is 7.31. The highest BCUT2D eigenvalue weighted by atomic mass is 16.5. The first-order valence-electron chi connectivity index (χ1n) is 14.0. The molecule has 2 amide bonds. The number of nitrogens with one attached hydrogen (secondary N) is 2. The first-order valence-corrected chi connectivity index (χ1v) is 14.0. The van der Waals surface area contributed by atoms with Gasteiger partial charge in [0.1, 0.15) is 12.4 Å². The Morgan fingerprint density at radius 3 is 2.59 bits per heavy atom. The van der Waals surface area contributed by atoms with Gasteiger partial charge in [0.2, 0.25) is 0 Å². The quantitative estimate of drug-likeness (QED) is 0.213. The standard InChI is InChI=1S/C31H39N3O7/c1-21(11-13-26(35)40-17-7-14-34-15-18-39-19-16-34)10-12-24-28(33-31(37)32-23-8-5-4-6-9-23)27-25(20-41-30(27)36)22(2)29(24)38-3/h4-6,8-10H,7,11-20H2,1-3H3,(H2,32,33,37). The number of hydrogen-bond donors (Lipinski definition) is 2. The number of hydrogen-bond acceptors (Lipinski definition) is 8. The maximum atomic E-state index is 12.9. The molecule has 0 aromatic heterocycles. The van der Waals surface area contributed by atoms with Crippen LogP contribution in [0.1, 0.15) is 53.2 Å². The summed E-state index contributed by atoms with van der Waals surface area (Å²) in [4.78, 5) is 40.3. The predicted octanol–water partition coefficient (Wildman–Crippen LogP) is 4.85. The topological polar surface area (TPSA) is 115 Å². The van der Waals surface area contributed by atoms with Gasteiger partial charge in [0.15, 0.2) is 0 Å². The molecule has 2 aliphatic heterocycles. The fourth-order valence-corrected chi connectivity index (χ4v) is 5.04. The summed E-state index contributed by atoms with van der Waals surface area (Å²) in [5.74, 6) is -0.131. The fourth-order valence-electron chi connectivity index (χ4n) is 5.04. The van der Waals surface area contributed by atoms with Crippen molar-refractivity contribution in [1.29, 1.82) is 0 Å². The average molecular weight is 566 g/mol. The van der Waals surface area contributed by atoms with Crippen molar-refractivity contribution in [3.8, 4) is 5.75 Å². The number of carbonyl (C=O) groups excluding carboxylic acids is 3. The molecule has 0 spiro atoms. The van der Waals surface area contributed by atoms with Gasteiger partial charge in [-0.2, -0.15) is 0 Å². The lowest BCUT2D eigenvalue weighted by Gasteiger charge is -2.26. The van der Waals surface area contributed by atoms with Crippen LogP contribution in [-0.4, -0.2) is 69.4 Å². The van der Waals surface area contributed by atoms with E-state index in [1.54, 1.807) is 19.2 Å². The number of allylic oxidation sites excluding steroid dienone is 2. The Balaban J connectivity index is 1.40. The zero-order valence-corrected chi connectivity index (χ0v) is 24.0. The maximum absolute atomic E-state index is 12.9. The van der Waals surface area contributed by atoms with Crippen LogP contribution < -0.4 is 15.4 Å². The molecule has 0 radical (unpaired) electrons. The molecule has 2 aromatic rings. The zero-order valence-electron chi connectivity index (χ0n) is 24.0. The van der Waals surface area contributed by atoms with E-state index >= 15 is 0 Å². The van der Waals surface area contributed by atoms with Gasteiger partial charge in [0, 0.05) is 42.9 Å². The van der Waals surface area contributed by atoms with Crippen molar-refractivity contribution in [1.82, 2.24) is 4.90 Å². The Bertz CT molecular complexity index is 1270. The van der Waals surface area contributed by atoms with Crippen molar-refractivity contribution in [2.45, 2.75) is 46.1 Å². The molecule has 2 aliphatic rings. The van der Waals surface area contributed by atoms with Gasteiger partial charge in [0.25, 0.3) is 0 Å². The number of para-hydroxylation sites is 1. The van der Waals surface area contributed by atoms with Crippen LogP contribution in [0.4, 0.5) is 16.2 Å². The number of ether oxygens (including phenoxy) is 4. The Labute approximate surface area is 241 Å². The van der Waals surface area contributed by atoms with Crippen LogP contribution in [0, 0.1) is 6.92 Å². The lowest BCUT2D eigenvalue weighted by atomic mass is 9.93. The Morgan fingerprint density at radius 2 is 1.85 bits per heavy atom. The van der Waals surface area contributed by atoms with Crippen molar-refractivity contribution in [2.24, 2.45) is 0 Å². The number of esters is 2. The van der Waals surface area contributed by atoms with Gasteiger partial charge in [-0.3, -0.25) is 9.69 Å². The molecular formula is C31H39N3O7. The molecule has 1 fully saturated rings. The highest BCUT2D eigenvalue weighted by Gasteiger charge is 2.32. The van der Waals surface area contributed by atoms with Gasteiger partial charge in [-0.25, -0.2) is 9.59 Å². The second-order valence-corrected chi connectivity index (χ2v) is 10.2. The number of carbonyl (C=O) groups is 3. The molecule has 220 valence electrons. The number of benzene rings is 2. The summed E-state index contributed by atoms with van der Waals surface area (Å²) >= 11 is 0. The lowest BCUT2D eigenvalue weighted by molar-refractivity contribution is -0.143. The van der Waals surface area contributed by atoms with Crippen molar-refractivity contribution < 1.29 is 33.3 Å². The Kier molecular flexibility index (Phi) is 10.8. The van der Waals surface area contributed by atoms with E-state index in [1.807, 2.05) is 38.1 Å². The summed E-state index contributed by atoms with van der Waals surface area (Å²) in [6.07, 6.45) is 3.97. The lowest BCUT2D eigenvalue weighted by Crippen LogP contribution is -2.37. The first-order chi connectivity index (χ1) is 19.9. The highest BCUT2D eigenvalue weighted by molar-refractivity contribution is 6.08. The molecule has 2 aromatic carbocycles. The van der Waals surface area contributed by atoms with Crippen LogP contribution in [0.25, 0.3) is 0 Å². The molecule has 4 rings (SSSR count). The molecule has 0 aliphatic carbocycles. The summed E-state index contributed by atoms with van der Waals surface area (Å²) in [6.45, 7) is 8.59. The molecule has 2 N–H and O–H groups in total. The smallest absolute Gasteiger partial charge is 0.341 e. The molecule has 0 bridgehead atoms. The van der Waals surface area contributed by atoms with Gasteiger partial charge >= 0.3 is 18.0 Å². The second-order valence-electron chi connectivity index (χ2n) is 10.2. The maximum Gasteiger partial charge on any atom is 0.341 e. The monoisotopic (exact) mass is 565 g/mol. The summed E-state index contributed by atoms with van der Waals surface area (Å²) < 4.78 is 21.9. The average Bonchev–Trinajstić information content (AvgIpc) is 3.37. The van der Waals surface area contributed by atoms with E-state index in [4.69, 9.17) is 18.9 Å². The molecule has 0 saturated carbocycles. The number of morpholine rings is 1. The molecule has 10 nitrogen and oxygen atoms in total. The molecule has 1 saturated heterocycles. The number of cyclic esters (lactones) is 1. The number of rotatable bonds is 12. The summed E-state index contributed by atoms with van der Waals surface area (Å²) in [5.41, 5.74) is 4.46. The highest BCUT2D eigenvalue weighted by Crippen LogP contribution is 2.41. The summed E-state index contributed by atoms with van der Waals surface area (Å²) in [7, 11) is 1.56. The molecule has 0 atom stereocenters. The predicted molar refractivity (Wildman–Crippen MR) is 155 cm³/mol. The van der Waals surface area contributed by atoms with E-state index in [2.05, 4.69) is 15.5 Å². The zero-order chi connectivity index (χ0) is 29.2. The van der Waals surface area contributed by atoms with Crippen LogP contribution in [0.2, 0.25) is 0 Å². The molecule has 2 heterocycles. The third kappa shape index (κ3) is 8.08. The Morgan fingerprint density at radius 1 is 1.10 bits per heavy atom. The van der Waals surface area contributed by atoms with E-state index in [1.165, 1.54) is 0 Å². The van der Waals surface area contributed by atoms with E-state index in [-0.39, 0.29) is 19.0 Å². The van der Waals surface area contributed by atoms with E-state index in [0.717, 1.165) is 50.4 Å². The molecule has 41 heavy (non-hydrogen) atoms. The first kappa shape index (κ1) is 30.1. The van der Waals surface area contributed by atoms with Gasteiger partial charge in [0.05, 0.1) is 38.2 Å². The minimum Gasteiger partial charge on any atom is -0.496 e. The fraction of sp³-hybridized carbons (Fsp3) is 0.452. The second kappa shape index (κ2) is 14.7. The van der Waals surface area contributed by atoms with Crippen molar-refractivity contribution >= 4 is 29.3 Å². The normalized spacial score (nSPS) is 15.2. The Hall–Kier alpha value is -3.89. The van der Waals surface area contributed by atoms with Crippen LogP contribution in [-0.2, 0) is 32.0 Å². The van der Waals surface area contributed by atoms with E-state index < -0.39 is 12.0 Å². The minimum absolute atomic E-state index is 0.120. The van der Waals surface area contributed by atoms with Crippen LogP contribution in [0.15, 0.2) is 42.0 Å². The van der Waals surface area contributed by atoms with Crippen LogP contribution >= 0.6 is 0 Å². The van der Waals surface area contributed by atoms with Crippen molar-refractivity contribution in [3.63, 3.8) is 0 Å². The van der Waals surface area contributed by atoms with Gasteiger partial charge < -0.3 is 29.6 Å². The number of anilines is 2. The van der Waals surface area contributed by atoms with Crippen LogP contribution in [0.5, 0.6) is 5.75 Å².